The maximum atomic E-state index is 13.4. The predicted molar refractivity (Wildman–Crippen MR) is 118 cm³/mol. The van der Waals surface area contributed by atoms with Crippen molar-refractivity contribution in [2.45, 2.75) is 45.7 Å². The van der Waals surface area contributed by atoms with Crippen molar-refractivity contribution in [3.8, 4) is 5.69 Å². The van der Waals surface area contributed by atoms with Crippen molar-refractivity contribution in [3.05, 3.63) is 50.6 Å². The Hall–Kier alpha value is -2.12. The summed E-state index contributed by atoms with van der Waals surface area (Å²) in [6.45, 7) is 8.73. The fraction of sp³-hybridized carbons (Fsp3) is 0.381. The molecule has 0 radical (unpaired) electrons. The van der Waals surface area contributed by atoms with Crippen molar-refractivity contribution in [1.82, 2.24) is 14.9 Å². The van der Waals surface area contributed by atoms with Gasteiger partial charge in [0.05, 0.1) is 16.8 Å². The number of nitrogens with one attached hydrogen (secondary N) is 1. The molecule has 1 aromatic carbocycles. The number of hydrogen-bond donors (Lipinski definition) is 1. The molecule has 1 N–H and O–H groups in total. The Balaban J connectivity index is 2.03. The average Bonchev–Trinajstić information content (AvgIpc) is 2.94. The fourth-order valence-electron chi connectivity index (χ4n) is 2.95. The number of aromatic nitrogens is 2. The fourth-order valence-corrected chi connectivity index (χ4v) is 4.87. The molecular weight excluding hydrogens is 390 g/mol. The molecule has 0 fully saturated rings. The van der Waals surface area contributed by atoms with Gasteiger partial charge in [0.15, 0.2) is 5.16 Å². The third kappa shape index (κ3) is 4.31. The van der Waals surface area contributed by atoms with Gasteiger partial charge in [0, 0.05) is 11.4 Å². The number of nitrogens with zero attached hydrogens (tertiary/aromatic N) is 2. The lowest BCUT2D eigenvalue weighted by molar-refractivity contribution is -0.118. The molecule has 3 rings (SSSR count). The molecule has 0 unspecified atom stereocenters. The molecule has 1 amide bonds. The Labute approximate surface area is 173 Å². The molecule has 0 aliphatic carbocycles. The topological polar surface area (TPSA) is 64.0 Å². The Morgan fingerprint density at radius 1 is 1.29 bits per heavy atom. The van der Waals surface area contributed by atoms with Crippen molar-refractivity contribution >= 4 is 39.2 Å². The third-order valence-corrected chi connectivity index (χ3v) is 6.66. The van der Waals surface area contributed by atoms with Gasteiger partial charge in [-0.25, -0.2) is 4.98 Å². The monoisotopic (exact) mass is 415 g/mol. The van der Waals surface area contributed by atoms with Crippen molar-refractivity contribution in [2.24, 2.45) is 0 Å². The molecule has 7 heteroatoms. The highest BCUT2D eigenvalue weighted by molar-refractivity contribution is 7.99. The van der Waals surface area contributed by atoms with E-state index in [1.54, 1.807) is 4.57 Å². The van der Waals surface area contributed by atoms with Gasteiger partial charge in [-0.3, -0.25) is 14.2 Å². The minimum absolute atomic E-state index is 0.0397. The van der Waals surface area contributed by atoms with Gasteiger partial charge >= 0.3 is 0 Å². The number of carbonyl (C=O) groups is 1. The van der Waals surface area contributed by atoms with Gasteiger partial charge in [0.25, 0.3) is 5.56 Å². The number of benzene rings is 1. The quantitative estimate of drug-likeness (QED) is 0.353. The van der Waals surface area contributed by atoms with Crippen LogP contribution in [0.15, 0.2) is 34.2 Å². The smallest absolute Gasteiger partial charge is 0.267 e. The standard InChI is InChI=1S/C21H25N3O2S2/c1-5-6-10-22-17(25)12-27-21-23-19-18(14(3)15(4)28-19)20(26)24(21)16-9-7-8-13(2)11-16/h7-9,11H,5-6,10,12H2,1-4H3,(H,22,25). The lowest BCUT2D eigenvalue weighted by Gasteiger charge is -2.13. The average molecular weight is 416 g/mol. The molecule has 0 aliphatic rings. The molecule has 0 spiro atoms. The lowest BCUT2D eigenvalue weighted by atomic mass is 10.2. The first kappa shape index (κ1) is 20.6. The Kier molecular flexibility index (Phi) is 6.57. The summed E-state index contributed by atoms with van der Waals surface area (Å²) >= 11 is 2.83. The largest absolute Gasteiger partial charge is 0.355 e. The van der Waals surface area contributed by atoms with Crippen molar-refractivity contribution in [3.63, 3.8) is 0 Å². The van der Waals surface area contributed by atoms with Crippen LogP contribution in [0, 0.1) is 20.8 Å². The molecule has 0 atom stereocenters. The summed E-state index contributed by atoms with van der Waals surface area (Å²) in [5.74, 6) is 0.193. The zero-order valence-corrected chi connectivity index (χ0v) is 18.3. The summed E-state index contributed by atoms with van der Waals surface area (Å²) in [5, 5.41) is 4.13. The molecule has 2 aromatic heterocycles. The minimum atomic E-state index is -0.0775. The highest BCUT2D eigenvalue weighted by atomic mass is 32.2. The molecule has 0 saturated heterocycles. The maximum absolute atomic E-state index is 13.4. The van der Waals surface area contributed by atoms with Crippen LogP contribution in [-0.2, 0) is 4.79 Å². The van der Waals surface area contributed by atoms with Crippen LogP contribution < -0.4 is 10.9 Å². The van der Waals surface area contributed by atoms with Crippen LogP contribution in [0.5, 0.6) is 0 Å². The summed E-state index contributed by atoms with van der Waals surface area (Å²) in [7, 11) is 0. The second kappa shape index (κ2) is 8.92. The van der Waals surface area contributed by atoms with E-state index in [0.29, 0.717) is 17.1 Å². The Morgan fingerprint density at radius 2 is 2.07 bits per heavy atom. The second-order valence-electron chi connectivity index (χ2n) is 6.83. The van der Waals surface area contributed by atoms with E-state index in [1.807, 2.05) is 45.0 Å². The normalized spacial score (nSPS) is 11.1. The van der Waals surface area contributed by atoms with Crippen LogP contribution >= 0.6 is 23.1 Å². The Morgan fingerprint density at radius 3 is 2.79 bits per heavy atom. The molecule has 0 bridgehead atoms. The van der Waals surface area contributed by atoms with Gasteiger partial charge in [-0.15, -0.1) is 11.3 Å². The summed E-state index contributed by atoms with van der Waals surface area (Å²) in [4.78, 5) is 32.1. The van der Waals surface area contributed by atoms with E-state index in [4.69, 9.17) is 4.98 Å². The number of amides is 1. The van der Waals surface area contributed by atoms with E-state index in [-0.39, 0.29) is 17.2 Å². The van der Waals surface area contributed by atoms with Crippen LogP contribution in [0.4, 0.5) is 0 Å². The summed E-state index contributed by atoms with van der Waals surface area (Å²) in [5.41, 5.74) is 2.74. The van der Waals surface area contributed by atoms with Gasteiger partial charge in [-0.1, -0.05) is 37.2 Å². The van der Waals surface area contributed by atoms with Crippen molar-refractivity contribution < 1.29 is 4.79 Å². The summed E-state index contributed by atoms with van der Waals surface area (Å²) in [6, 6.07) is 7.80. The molecule has 2 heterocycles. The van der Waals surface area contributed by atoms with E-state index in [0.717, 1.165) is 39.4 Å². The van der Waals surface area contributed by atoms with E-state index < -0.39 is 0 Å². The van der Waals surface area contributed by atoms with E-state index in [1.165, 1.54) is 23.1 Å². The first-order valence-electron chi connectivity index (χ1n) is 9.41. The van der Waals surface area contributed by atoms with Gasteiger partial charge in [-0.05, 0) is 50.5 Å². The number of carbonyl (C=O) groups excluding carboxylic acids is 1. The number of thiophene rings is 1. The number of thioether (sulfide) groups is 1. The highest BCUT2D eigenvalue weighted by Gasteiger charge is 2.18. The third-order valence-electron chi connectivity index (χ3n) is 4.62. The van der Waals surface area contributed by atoms with E-state index >= 15 is 0 Å². The van der Waals surface area contributed by atoms with Crippen molar-refractivity contribution in [1.29, 1.82) is 0 Å². The maximum Gasteiger partial charge on any atom is 0.267 e. The molecule has 28 heavy (non-hydrogen) atoms. The van der Waals surface area contributed by atoms with Crippen LogP contribution in [0.25, 0.3) is 15.9 Å². The second-order valence-corrected chi connectivity index (χ2v) is 8.98. The molecular formula is C21H25N3O2S2. The van der Waals surface area contributed by atoms with Crippen LogP contribution in [0.3, 0.4) is 0 Å². The highest BCUT2D eigenvalue weighted by Crippen LogP contribution is 2.29. The summed E-state index contributed by atoms with van der Waals surface area (Å²) < 4.78 is 1.64. The van der Waals surface area contributed by atoms with Gasteiger partial charge in [0.2, 0.25) is 5.91 Å². The SMILES string of the molecule is CCCCNC(=O)CSc1nc2sc(C)c(C)c2c(=O)n1-c1cccc(C)c1. The van der Waals surface area contributed by atoms with Crippen molar-refractivity contribution in [2.75, 3.05) is 12.3 Å². The number of aryl methyl sites for hydroxylation is 3. The minimum Gasteiger partial charge on any atom is -0.355 e. The zero-order valence-electron chi connectivity index (χ0n) is 16.7. The van der Waals surface area contributed by atoms with Gasteiger partial charge in [0.1, 0.15) is 4.83 Å². The zero-order chi connectivity index (χ0) is 20.3. The number of hydrogen-bond acceptors (Lipinski definition) is 5. The number of fused-ring (bicyclic) bond motifs is 1. The molecule has 148 valence electrons. The van der Waals surface area contributed by atoms with Crippen LogP contribution in [0.2, 0.25) is 0 Å². The Bertz CT molecular complexity index is 1070. The molecule has 3 aromatic rings. The molecule has 5 nitrogen and oxygen atoms in total. The molecule has 0 aliphatic heterocycles. The molecule has 0 saturated carbocycles. The van der Waals surface area contributed by atoms with Gasteiger partial charge < -0.3 is 5.32 Å². The van der Waals surface area contributed by atoms with Crippen LogP contribution in [-0.4, -0.2) is 27.8 Å². The number of unbranched alkanes of at least 4 members (excludes halogenated alkanes) is 1. The lowest BCUT2D eigenvalue weighted by Crippen LogP contribution is -2.27. The first-order chi connectivity index (χ1) is 13.4. The predicted octanol–water partition coefficient (Wildman–Crippen LogP) is 4.38. The van der Waals surface area contributed by atoms with E-state index in [9.17, 15) is 9.59 Å². The number of rotatable bonds is 7. The first-order valence-corrected chi connectivity index (χ1v) is 11.2. The van der Waals surface area contributed by atoms with Gasteiger partial charge in [-0.2, -0.15) is 0 Å². The van der Waals surface area contributed by atoms with E-state index in [2.05, 4.69) is 12.2 Å². The van der Waals surface area contributed by atoms with Crippen LogP contribution in [0.1, 0.15) is 35.8 Å². The summed E-state index contributed by atoms with van der Waals surface area (Å²) in [6.07, 6.45) is 2.00.